The van der Waals surface area contributed by atoms with Crippen LogP contribution in [-0.2, 0) is 21.2 Å². The van der Waals surface area contributed by atoms with E-state index in [2.05, 4.69) is 15.7 Å². The van der Waals surface area contributed by atoms with E-state index in [4.69, 9.17) is 0 Å². The summed E-state index contributed by atoms with van der Waals surface area (Å²) in [5.41, 5.74) is 1.74. The zero-order valence-corrected chi connectivity index (χ0v) is 16.1. The fourth-order valence-corrected chi connectivity index (χ4v) is 4.47. The van der Waals surface area contributed by atoms with Gasteiger partial charge in [0.2, 0.25) is 5.91 Å². The molecule has 0 aliphatic carbocycles. The molecule has 26 heavy (non-hydrogen) atoms. The molecule has 1 aliphatic rings. The summed E-state index contributed by atoms with van der Waals surface area (Å²) in [6.45, 7) is 1.29. The molecule has 2 heterocycles. The maximum Gasteiger partial charge on any atom is 0.241 e. The summed E-state index contributed by atoms with van der Waals surface area (Å²) in [6.07, 6.45) is 5.22. The van der Waals surface area contributed by atoms with E-state index in [1.807, 2.05) is 36.5 Å². The van der Waals surface area contributed by atoms with Gasteiger partial charge in [-0.25, -0.2) is 13.1 Å². The molecule has 0 unspecified atom stereocenters. The SMILES string of the molecule is CS(=O)(=O)C1(C(=O)NCc2cnn(-c3ccccc3)c2)CCNCC1.Cl. The quantitative estimate of drug-likeness (QED) is 0.786. The van der Waals surface area contributed by atoms with E-state index in [1.54, 1.807) is 10.9 Å². The highest BCUT2D eigenvalue weighted by molar-refractivity contribution is 7.92. The van der Waals surface area contributed by atoms with Crippen molar-refractivity contribution in [1.29, 1.82) is 0 Å². The van der Waals surface area contributed by atoms with Gasteiger partial charge in [0.25, 0.3) is 0 Å². The molecule has 1 saturated heterocycles. The van der Waals surface area contributed by atoms with Crippen molar-refractivity contribution in [3.63, 3.8) is 0 Å². The Hall–Kier alpha value is -1.90. The van der Waals surface area contributed by atoms with Crippen LogP contribution in [0.1, 0.15) is 18.4 Å². The summed E-state index contributed by atoms with van der Waals surface area (Å²) < 4.78 is 24.9. The summed E-state index contributed by atoms with van der Waals surface area (Å²) in [4.78, 5) is 12.7. The molecule has 1 amide bonds. The number of nitrogens with one attached hydrogen (secondary N) is 2. The molecule has 2 N–H and O–H groups in total. The molecule has 9 heteroatoms. The average molecular weight is 399 g/mol. The number of benzene rings is 1. The van der Waals surface area contributed by atoms with Crippen molar-refractivity contribution in [3.05, 3.63) is 48.3 Å². The van der Waals surface area contributed by atoms with E-state index in [0.717, 1.165) is 17.5 Å². The molecule has 0 radical (unpaired) electrons. The molecule has 1 aliphatic heterocycles. The van der Waals surface area contributed by atoms with Gasteiger partial charge in [0.15, 0.2) is 14.6 Å². The summed E-state index contributed by atoms with van der Waals surface area (Å²) >= 11 is 0. The molecule has 0 saturated carbocycles. The minimum absolute atomic E-state index is 0. The number of hydrogen-bond donors (Lipinski definition) is 2. The standard InChI is InChI=1S/C17H22N4O3S.ClH/c1-25(23,24)17(7-9-18-10-8-17)16(22)19-11-14-12-20-21(13-14)15-5-3-2-4-6-15;/h2-6,12-13,18H,7-11H2,1H3,(H,19,22);1H. The molecule has 1 aromatic carbocycles. The van der Waals surface area contributed by atoms with Crippen molar-refractivity contribution in [2.75, 3.05) is 19.3 Å². The first-order valence-electron chi connectivity index (χ1n) is 8.20. The summed E-state index contributed by atoms with van der Waals surface area (Å²) in [6, 6.07) is 9.64. The normalized spacial score (nSPS) is 16.5. The zero-order valence-electron chi connectivity index (χ0n) is 14.5. The molecule has 2 aromatic rings. The van der Waals surface area contributed by atoms with E-state index >= 15 is 0 Å². The number of hydrogen-bond acceptors (Lipinski definition) is 5. The Balaban J connectivity index is 0.00000243. The van der Waals surface area contributed by atoms with Crippen LogP contribution in [0.3, 0.4) is 0 Å². The van der Waals surface area contributed by atoms with Gasteiger partial charge in [-0.1, -0.05) is 18.2 Å². The lowest BCUT2D eigenvalue weighted by Gasteiger charge is -2.34. The number of amides is 1. The third-order valence-electron chi connectivity index (χ3n) is 4.64. The van der Waals surface area contributed by atoms with Crippen LogP contribution in [0.25, 0.3) is 5.69 Å². The highest BCUT2D eigenvalue weighted by Gasteiger charge is 2.48. The van der Waals surface area contributed by atoms with Crippen LogP contribution in [0, 0.1) is 0 Å². The van der Waals surface area contributed by atoms with E-state index in [9.17, 15) is 13.2 Å². The van der Waals surface area contributed by atoms with Crippen LogP contribution in [0.15, 0.2) is 42.7 Å². The van der Waals surface area contributed by atoms with Crippen molar-refractivity contribution >= 4 is 28.2 Å². The Morgan fingerprint density at radius 3 is 2.54 bits per heavy atom. The third-order valence-corrected chi connectivity index (χ3v) is 6.66. The Labute approximate surface area is 159 Å². The molecule has 0 bridgehead atoms. The van der Waals surface area contributed by atoms with E-state index in [1.165, 1.54) is 0 Å². The van der Waals surface area contributed by atoms with Crippen molar-refractivity contribution < 1.29 is 13.2 Å². The van der Waals surface area contributed by atoms with Crippen molar-refractivity contribution in [3.8, 4) is 5.69 Å². The van der Waals surface area contributed by atoms with Crippen LogP contribution in [0.2, 0.25) is 0 Å². The van der Waals surface area contributed by atoms with Gasteiger partial charge in [-0.15, -0.1) is 12.4 Å². The molecular weight excluding hydrogens is 376 g/mol. The topological polar surface area (TPSA) is 93.1 Å². The van der Waals surface area contributed by atoms with E-state index in [0.29, 0.717) is 25.9 Å². The molecule has 142 valence electrons. The van der Waals surface area contributed by atoms with Gasteiger partial charge in [-0.05, 0) is 38.1 Å². The van der Waals surface area contributed by atoms with Gasteiger partial charge in [0.05, 0.1) is 11.9 Å². The molecule has 0 atom stereocenters. The van der Waals surface area contributed by atoms with E-state index in [-0.39, 0.29) is 19.0 Å². The van der Waals surface area contributed by atoms with Crippen LogP contribution in [-0.4, -0.2) is 48.2 Å². The first-order chi connectivity index (χ1) is 11.9. The largest absolute Gasteiger partial charge is 0.351 e. The minimum atomic E-state index is -3.50. The van der Waals surface area contributed by atoms with Crippen LogP contribution in [0.4, 0.5) is 0 Å². The highest BCUT2D eigenvalue weighted by Crippen LogP contribution is 2.28. The van der Waals surface area contributed by atoms with Crippen LogP contribution < -0.4 is 10.6 Å². The number of piperidine rings is 1. The number of carbonyl (C=O) groups excluding carboxylic acids is 1. The first kappa shape index (κ1) is 20.4. The molecule has 1 aromatic heterocycles. The summed E-state index contributed by atoms with van der Waals surface area (Å²) in [5, 5.41) is 10.2. The lowest BCUT2D eigenvalue weighted by atomic mass is 9.96. The monoisotopic (exact) mass is 398 g/mol. The number of nitrogens with zero attached hydrogens (tertiary/aromatic N) is 2. The average Bonchev–Trinajstić information content (AvgIpc) is 3.09. The van der Waals surface area contributed by atoms with Crippen molar-refractivity contribution in [2.24, 2.45) is 0 Å². The van der Waals surface area contributed by atoms with Crippen LogP contribution in [0.5, 0.6) is 0 Å². The molecule has 1 fully saturated rings. The maximum absolute atomic E-state index is 12.7. The smallest absolute Gasteiger partial charge is 0.241 e. The fraction of sp³-hybridized carbons (Fsp3) is 0.412. The number of carbonyl (C=O) groups is 1. The lowest BCUT2D eigenvalue weighted by molar-refractivity contribution is -0.124. The Morgan fingerprint density at radius 1 is 1.27 bits per heavy atom. The number of aromatic nitrogens is 2. The van der Waals surface area contributed by atoms with Gasteiger partial charge >= 0.3 is 0 Å². The number of para-hydroxylation sites is 1. The minimum Gasteiger partial charge on any atom is -0.351 e. The Bertz CT molecular complexity index is 846. The third kappa shape index (κ3) is 4.08. The van der Waals surface area contributed by atoms with E-state index < -0.39 is 20.5 Å². The zero-order chi connectivity index (χ0) is 17.9. The van der Waals surface area contributed by atoms with Crippen molar-refractivity contribution in [2.45, 2.75) is 24.1 Å². The van der Waals surface area contributed by atoms with Gasteiger partial charge < -0.3 is 10.6 Å². The van der Waals surface area contributed by atoms with Gasteiger partial charge in [0, 0.05) is 24.6 Å². The summed E-state index contributed by atoms with van der Waals surface area (Å²) in [7, 11) is -3.50. The lowest BCUT2D eigenvalue weighted by Crippen LogP contribution is -2.57. The number of rotatable bonds is 5. The second-order valence-corrected chi connectivity index (χ2v) is 8.65. The first-order valence-corrected chi connectivity index (χ1v) is 10.1. The second-order valence-electron chi connectivity index (χ2n) is 6.33. The van der Waals surface area contributed by atoms with Gasteiger partial charge in [-0.3, -0.25) is 4.79 Å². The molecule has 0 spiro atoms. The summed E-state index contributed by atoms with van der Waals surface area (Å²) in [5.74, 6) is -0.427. The Morgan fingerprint density at radius 2 is 1.92 bits per heavy atom. The highest BCUT2D eigenvalue weighted by atomic mass is 35.5. The van der Waals surface area contributed by atoms with Gasteiger partial charge in [0.1, 0.15) is 0 Å². The maximum atomic E-state index is 12.7. The molecular formula is C17H23ClN4O3S. The molecule has 3 rings (SSSR count). The fourth-order valence-electron chi connectivity index (χ4n) is 3.11. The molecule has 7 nitrogen and oxygen atoms in total. The predicted molar refractivity (Wildman–Crippen MR) is 102 cm³/mol. The predicted octanol–water partition coefficient (Wildman–Crippen LogP) is 1.08. The van der Waals surface area contributed by atoms with Crippen LogP contribution >= 0.6 is 12.4 Å². The van der Waals surface area contributed by atoms with Gasteiger partial charge in [-0.2, -0.15) is 5.10 Å². The second kappa shape index (κ2) is 8.20. The number of sulfone groups is 1. The Kier molecular flexibility index (Phi) is 6.44. The number of halogens is 1. The van der Waals surface area contributed by atoms with Crippen molar-refractivity contribution in [1.82, 2.24) is 20.4 Å².